The van der Waals surface area contributed by atoms with Crippen molar-refractivity contribution in [1.82, 2.24) is 9.29 Å². The highest BCUT2D eigenvalue weighted by molar-refractivity contribution is 7.89. The number of anilines is 1. The summed E-state index contributed by atoms with van der Waals surface area (Å²) < 4.78 is 27.3. The molecule has 0 bridgehead atoms. The number of rotatable bonds is 7. The minimum atomic E-state index is -3.53. The molecule has 1 unspecified atom stereocenters. The van der Waals surface area contributed by atoms with E-state index in [1.165, 1.54) is 15.6 Å². The molecule has 1 aromatic carbocycles. The summed E-state index contributed by atoms with van der Waals surface area (Å²) in [5.41, 5.74) is 1.91. The van der Waals surface area contributed by atoms with Gasteiger partial charge in [-0.15, -0.1) is 11.3 Å². The molecule has 152 valence electrons. The number of sulfonamides is 1. The number of hydrogen-bond donors (Lipinski definition) is 1. The van der Waals surface area contributed by atoms with Gasteiger partial charge in [0, 0.05) is 23.8 Å². The number of aryl methyl sites for hydroxylation is 1. The van der Waals surface area contributed by atoms with Crippen LogP contribution >= 0.6 is 11.3 Å². The van der Waals surface area contributed by atoms with Gasteiger partial charge in [0.1, 0.15) is 0 Å². The van der Waals surface area contributed by atoms with Gasteiger partial charge in [0.25, 0.3) is 0 Å². The number of aromatic nitrogens is 1. The monoisotopic (exact) mass is 421 g/mol. The van der Waals surface area contributed by atoms with Crippen LogP contribution in [0.5, 0.6) is 0 Å². The topological polar surface area (TPSA) is 79.4 Å². The number of amides is 1. The number of fused-ring (bicyclic) bond motifs is 1. The van der Waals surface area contributed by atoms with Crippen LogP contribution in [-0.4, -0.2) is 30.2 Å². The van der Waals surface area contributed by atoms with E-state index < -0.39 is 10.0 Å². The average Bonchev–Trinajstić information content (AvgIpc) is 3.07. The number of nitrogens with zero attached hydrogens (tertiary/aromatic N) is 2. The Kier molecular flexibility index (Phi) is 6.52. The highest BCUT2D eigenvalue weighted by Gasteiger charge is 2.30. The van der Waals surface area contributed by atoms with Gasteiger partial charge in [0.05, 0.1) is 17.1 Å². The lowest BCUT2D eigenvalue weighted by atomic mass is 10.0. The zero-order valence-corrected chi connectivity index (χ0v) is 18.2. The molecule has 0 radical (unpaired) electrons. The number of benzene rings is 1. The molecule has 28 heavy (non-hydrogen) atoms. The summed E-state index contributed by atoms with van der Waals surface area (Å²) in [6, 6.07) is 6.91. The van der Waals surface area contributed by atoms with Crippen LogP contribution in [0.3, 0.4) is 0 Å². The number of carbonyl (C=O) groups excluding carboxylic acids is 1. The van der Waals surface area contributed by atoms with E-state index in [-0.39, 0.29) is 11.8 Å². The molecule has 0 aliphatic carbocycles. The molecule has 1 aliphatic heterocycles. The molecule has 2 aromatic rings. The first-order valence-electron chi connectivity index (χ1n) is 9.67. The molecule has 0 fully saturated rings. The predicted octanol–water partition coefficient (Wildman–Crippen LogP) is 3.96. The Bertz CT molecular complexity index is 936. The molecule has 2 heterocycles. The lowest BCUT2D eigenvalue weighted by Crippen LogP contribution is -2.35. The maximum atomic E-state index is 12.9. The summed E-state index contributed by atoms with van der Waals surface area (Å²) in [7, 11) is -3.53. The molecule has 1 N–H and O–H groups in total. The van der Waals surface area contributed by atoms with E-state index in [1.807, 2.05) is 26.0 Å². The third-order valence-electron chi connectivity index (χ3n) is 5.02. The predicted molar refractivity (Wildman–Crippen MR) is 112 cm³/mol. The Morgan fingerprint density at radius 1 is 1.32 bits per heavy atom. The minimum Gasteiger partial charge on any atom is -0.302 e. The normalized spacial score (nSPS) is 15.8. The fraction of sp³-hybridized carbons (Fsp3) is 0.500. The van der Waals surface area contributed by atoms with Gasteiger partial charge in [-0.3, -0.25) is 4.79 Å². The molecule has 3 rings (SSSR count). The Balaban J connectivity index is 1.70. The third-order valence-corrected chi connectivity index (χ3v) is 7.88. The molecule has 1 atom stereocenters. The fourth-order valence-electron chi connectivity index (χ4n) is 3.16. The van der Waals surface area contributed by atoms with Crippen molar-refractivity contribution in [2.75, 3.05) is 11.9 Å². The van der Waals surface area contributed by atoms with Gasteiger partial charge in [-0.2, -0.15) is 4.31 Å². The number of thiazole rings is 1. The first-order valence-corrected chi connectivity index (χ1v) is 11.9. The van der Waals surface area contributed by atoms with Crippen LogP contribution in [0, 0.1) is 12.8 Å². The summed E-state index contributed by atoms with van der Waals surface area (Å²) >= 11 is 1.37. The van der Waals surface area contributed by atoms with Crippen molar-refractivity contribution in [3.8, 4) is 0 Å². The van der Waals surface area contributed by atoms with Crippen molar-refractivity contribution in [2.24, 2.45) is 5.92 Å². The van der Waals surface area contributed by atoms with Crippen LogP contribution in [0.15, 0.2) is 29.2 Å². The van der Waals surface area contributed by atoms with E-state index in [9.17, 15) is 13.2 Å². The summed E-state index contributed by atoms with van der Waals surface area (Å²) in [4.78, 5) is 18.0. The summed E-state index contributed by atoms with van der Waals surface area (Å²) in [5, 5.41) is 3.46. The van der Waals surface area contributed by atoms with Gasteiger partial charge in [0.15, 0.2) is 5.13 Å². The van der Waals surface area contributed by atoms with Crippen molar-refractivity contribution in [3.63, 3.8) is 0 Å². The van der Waals surface area contributed by atoms with Gasteiger partial charge >= 0.3 is 0 Å². The fourth-order valence-corrected chi connectivity index (χ4v) is 5.68. The minimum absolute atomic E-state index is 0.0244. The number of hydrogen-bond acceptors (Lipinski definition) is 5. The molecule has 1 aromatic heterocycles. The third kappa shape index (κ3) is 4.61. The average molecular weight is 422 g/mol. The Labute approximate surface area is 171 Å². The SMILES string of the molecule is CCCCC(C)C(=O)Nc1nc2c(s1)CN(S(=O)(=O)c1ccc(C)cc1)CC2. The zero-order valence-electron chi connectivity index (χ0n) is 16.6. The molecular formula is C20H27N3O3S2. The van der Waals surface area contributed by atoms with Crippen LogP contribution in [0.25, 0.3) is 0 Å². The van der Waals surface area contributed by atoms with Crippen molar-refractivity contribution >= 4 is 32.4 Å². The van der Waals surface area contributed by atoms with Gasteiger partial charge in [-0.1, -0.05) is 44.4 Å². The van der Waals surface area contributed by atoms with E-state index in [2.05, 4.69) is 17.2 Å². The molecule has 0 saturated heterocycles. The molecule has 8 heteroatoms. The second-order valence-electron chi connectivity index (χ2n) is 7.32. The summed E-state index contributed by atoms with van der Waals surface area (Å²) in [6.07, 6.45) is 3.50. The van der Waals surface area contributed by atoms with Crippen LogP contribution < -0.4 is 5.32 Å². The van der Waals surface area contributed by atoms with E-state index in [1.54, 1.807) is 12.1 Å². The molecule has 0 saturated carbocycles. The van der Waals surface area contributed by atoms with Crippen molar-refractivity contribution in [3.05, 3.63) is 40.4 Å². The Hall–Kier alpha value is -1.77. The maximum absolute atomic E-state index is 12.9. The van der Waals surface area contributed by atoms with Crippen LogP contribution in [-0.2, 0) is 27.8 Å². The molecular weight excluding hydrogens is 394 g/mol. The smallest absolute Gasteiger partial charge is 0.243 e. The van der Waals surface area contributed by atoms with Gasteiger partial charge in [0.2, 0.25) is 15.9 Å². The van der Waals surface area contributed by atoms with Crippen molar-refractivity contribution in [1.29, 1.82) is 0 Å². The highest BCUT2D eigenvalue weighted by Crippen LogP contribution is 2.31. The quantitative estimate of drug-likeness (QED) is 0.734. The molecule has 0 spiro atoms. The number of unbranched alkanes of at least 4 members (excludes halogenated alkanes) is 1. The van der Waals surface area contributed by atoms with Crippen LogP contribution in [0.1, 0.15) is 49.2 Å². The van der Waals surface area contributed by atoms with E-state index in [0.717, 1.165) is 35.4 Å². The first kappa shape index (κ1) is 21.0. The first-order chi connectivity index (χ1) is 13.3. The van der Waals surface area contributed by atoms with E-state index >= 15 is 0 Å². The van der Waals surface area contributed by atoms with E-state index in [0.29, 0.717) is 29.5 Å². The van der Waals surface area contributed by atoms with Gasteiger partial charge in [-0.05, 0) is 25.5 Å². The largest absolute Gasteiger partial charge is 0.302 e. The zero-order chi connectivity index (χ0) is 20.3. The van der Waals surface area contributed by atoms with Crippen LogP contribution in [0.2, 0.25) is 0 Å². The van der Waals surface area contributed by atoms with E-state index in [4.69, 9.17) is 0 Å². The van der Waals surface area contributed by atoms with Crippen LogP contribution in [0.4, 0.5) is 5.13 Å². The standard InChI is InChI=1S/C20H27N3O3S2/c1-4-5-6-15(3)19(24)22-20-21-17-11-12-23(13-18(17)27-20)28(25,26)16-9-7-14(2)8-10-16/h7-10,15H,4-6,11-13H2,1-3H3,(H,21,22,24). The Morgan fingerprint density at radius 2 is 2.04 bits per heavy atom. The van der Waals surface area contributed by atoms with Gasteiger partial charge in [-0.25, -0.2) is 13.4 Å². The van der Waals surface area contributed by atoms with Crippen molar-refractivity contribution in [2.45, 2.75) is 57.9 Å². The highest BCUT2D eigenvalue weighted by atomic mass is 32.2. The lowest BCUT2D eigenvalue weighted by Gasteiger charge is -2.25. The second kappa shape index (κ2) is 8.71. The number of nitrogens with one attached hydrogen (secondary N) is 1. The molecule has 6 nitrogen and oxygen atoms in total. The molecule has 1 amide bonds. The van der Waals surface area contributed by atoms with Gasteiger partial charge < -0.3 is 5.32 Å². The molecule has 1 aliphatic rings. The lowest BCUT2D eigenvalue weighted by molar-refractivity contribution is -0.119. The summed E-state index contributed by atoms with van der Waals surface area (Å²) in [5.74, 6) is -0.0806. The number of carbonyl (C=O) groups is 1. The van der Waals surface area contributed by atoms with Crippen molar-refractivity contribution < 1.29 is 13.2 Å². The summed E-state index contributed by atoms with van der Waals surface area (Å²) in [6.45, 7) is 6.65. The maximum Gasteiger partial charge on any atom is 0.243 e. The second-order valence-corrected chi connectivity index (χ2v) is 10.3. The Morgan fingerprint density at radius 3 is 2.71 bits per heavy atom.